The van der Waals surface area contributed by atoms with Gasteiger partial charge in [-0.15, -0.1) is 0 Å². The zero-order valence-electron chi connectivity index (χ0n) is 12.8. The fourth-order valence-electron chi connectivity index (χ4n) is 2.10. The molecule has 0 aliphatic heterocycles. The molecule has 1 rings (SSSR count). The summed E-state index contributed by atoms with van der Waals surface area (Å²) in [5.41, 5.74) is 1.85. The Morgan fingerprint density at radius 2 is 2.10 bits per heavy atom. The monoisotopic (exact) mass is 276 g/mol. The van der Waals surface area contributed by atoms with E-state index in [1.165, 1.54) is 7.11 Å². The van der Waals surface area contributed by atoms with Crippen LogP contribution in [0.25, 0.3) is 0 Å². The molecule has 0 spiro atoms. The van der Waals surface area contributed by atoms with Crippen LogP contribution in [0.3, 0.4) is 0 Å². The van der Waals surface area contributed by atoms with Gasteiger partial charge in [-0.05, 0) is 5.92 Å². The molecule has 6 heteroatoms. The van der Waals surface area contributed by atoms with Crippen molar-refractivity contribution in [2.24, 2.45) is 12.0 Å². The molecule has 0 aliphatic rings. The minimum atomic E-state index is -0.498. The first kappa shape index (κ1) is 15.8. The van der Waals surface area contributed by atoms with Gasteiger partial charge in [-0.1, -0.05) is 13.8 Å². The summed E-state index contributed by atoms with van der Waals surface area (Å²) >= 11 is 0. The first-order valence-electron chi connectivity index (χ1n) is 6.26. The molecule has 0 unspecified atom stereocenters. The van der Waals surface area contributed by atoms with Gasteiger partial charge in [-0.25, -0.2) is 9.79 Å². The molecule has 108 valence electrons. The summed E-state index contributed by atoms with van der Waals surface area (Å²) in [4.78, 5) is 18.0. The molecular weight excluding hydrogens is 256 g/mol. The van der Waals surface area contributed by atoms with Crippen LogP contribution in [0.5, 0.6) is 0 Å². The summed E-state index contributed by atoms with van der Waals surface area (Å²) in [7, 11) is 6.70. The molecule has 1 aromatic rings. The standard InChI is InChI=1S/C14H20N4O2/c1-9(2)12-10(7-15)11(16-8-17(3)4)13(18(12)5)14(19)20-6/h8-9H,1-6H3. The third kappa shape index (κ3) is 2.82. The van der Waals surface area contributed by atoms with Gasteiger partial charge >= 0.3 is 5.97 Å². The number of ether oxygens (including phenoxy) is 1. The van der Waals surface area contributed by atoms with Crippen molar-refractivity contribution in [3.8, 4) is 6.07 Å². The van der Waals surface area contributed by atoms with Gasteiger partial charge in [0.25, 0.3) is 0 Å². The van der Waals surface area contributed by atoms with Crippen LogP contribution in [0.1, 0.15) is 41.5 Å². The Kier molecular flexibility index (Phi) is 4.92. The van der Waals surface area contributed by atoms with Gasteiger partial charge in [-0.2, -0.15) is 5.26 Å². The lowest BCUT2D eigenvalue weighted by Crippen LogP contribution is -2.11. The Labute approximate surface area is 119 Å². The highest BCUT2D eigenvalue weighted by Gasteiger charge is 2.27. The van der Waals surface area contributed by atoms with E-state index in [2.05, 4.69) is 11.1 Å². The molecule has 0 radical (unpaired) electrons. The Bertz CT molecular complexity index is 577. The van der Waals surface area contributed by atoms with Crippen LogP contribution < -0.4 is 0 Å². The van der Waals surface area contributed by atoms with Crippen LogP contribution in [0, 0.1) is 11.3 Å². The highest BCUT2D eigenvalue weighted by molar-refractivity contribution is 5.96. The molecular formula is C14H20N4O2. The predicted molar refractivity (Wildman–Crippen MR) is 77.4 cm³/mol. The zero-order valence-corrected chi connectivity index (χ0v) is 12.8. The summed E-state index contributed by atoms with van der Waals surface area (Å²) in [5.74, 6) is -0.400. The summed E-state index contributed by atoms with van der Waals surface area (Å²) in [5, 5.41) is 9.40. The number of hydrogen-bond acceptors (Lipinski definition) is 4. The van der Waals surface area contributed by atoms with E-state index in [4.69, 9.17) is 4.74 Å². The number of carbonyl (C=O) groups is 1. The molecule has 20 heavy (non-hydrogen) atoms. The second kappa shape index (κ2) is 6.24. The number of rotatable bonds is 4. The van der Waals surface area contributed by atoms with Gasteiger partial charge in [0.2, 0.25) is 0 Å². The van der Waals surface area contributed by atoms with Crippen LogP contribution in [0.15, 0.2) is 4.99 Å². The quantitative estimate of drug-likeness (QED) is 0.479. The second-order valence-corrected chi connectivity index (χ2v) is 4.98. The lowest BCUT2D eigenvalue weighted by atomic mass is 10.1. The zero-order chi connectivity index (χ0) is 15.4. The van der Waals surface area contributed by atoms with E-state index in [0.29, 0.717) is 16.9 Å². The summed E-state index contributed by atoms with van der Waals surface area (Å²) in [6.07, 6.45) is 1.56. The number of aliphatic imine (C=N–C) groups is 1. The number of aromatic nitrogens is 1. The summed E-state index contributed by atoms with van der Waals surface area (Å²) < 4.78 is 6.49. The van der Waals surface area contributed by atoms with E-state index in [0.717, 1.165) is 5.69 Å². The molecule has 1 aromatic heterocycles. The van der Waals surface area contributed by atoms with E-state index < -0.39 is 5.97 Å². The van der Waals surface area contributed by atoms with Crippen LogP contribution in [0.4, 0.5) is 5.69 Å². The fourth-order valence-corrected chi connectivity index (χ4v) is 2.10. The third-order valence-electron chi connectivity index (χ3n) is 2.87. The molecule has 6 nitrogen and oxygen atoms in total. The smallest absolute Gasteiger partial charge is 0.356 e. The molecule has 0 saturated heterocycles. The predicted octanol–water partition coefficient (Wildman–Crippen LogP) is 2.03. The molecule has 1 heterocycles. The molecule has 0 atom stereocenters. The van der Waals surface area contributed by atoms with Crippen molar-refractivity contribution in [3.05, 3.63) is 17.0 Å². The van der Waals surface area contributed by atoms with Crippen molar-refractivity contribution in [2.45, 2.75) is 19.8 Å². The van der Waals surface area contributed by atoms with Crippen molar-refractivity contribution in [1.29, 1.82) is 5.26 Å². The fraction of sp³-hybridized carbons (Fsp3) is 0.500. The summed E-state index contributed by atoms with van der Waals surface area (Å²) in [6.45, 7) is 3.94. The maximum absolute atomic E-state index is 12.0. The van der Waals surface area contributed by atoms with E-state index in [1.807, 2.05) is 27.9 Å². The normalized spacial score (nSPS) is 10.9. The Morgan fingerprint density at radius 3 is 2.50 bits per heavy atom. The topological polar surface area (TPSA) is 70.6 Å². The van der Waals surface area contributed by atoms with Crippen molar-refractivity contribution >= 4 is 18.0 Å². The highest BCUT2D eigenvalue weighted by Crippen LogP contribution is 2.34. The van der Waals surface area contributed by atoms with Gasteiger partial charge in [0.05, 0.1) is 19.0 Å². The van der Waals surface area contributed by atoms with Crippen molar-refractivity contribution in [1.82, 2.24) is 9.47 Å². The molecule has 0 bridgehead atoms. The van der Waals surface area contributed by atoms with Crippen molar-refractivity contribution < 1.29 is 9.53 Å². The second-order valence-electron chi connectivity index (χ2n) is 4.98. The minimum absolute atomic E-state index is 0.0985. The maximum atomic E-state index is 12.0. The number of carbonyl (C=O) groups excluding carboxylic acids is 1. The van der Waals surface area contributed by atoms with Crippen LogP contribution >= 0.6 is 0 Å². The average Bonchev–Trinajstić information content (AvgIpc) is 2.67. The number of nitrogens with zero attached hydrogens (tertiary/aromatic N) is 4. The number of methoxy groups -OCH3 is 1. The Balaban J connectivity index is 3.64. The maximum Gasteiger partial charge on any atom is 0.356 e. The molecule has 0 fully saturated rings. The van der Waals surface area contributed by atoms with Crippen molar-refractivity contribution in [3.63, 3.8) is 0 Å². The average molecular weight is 276 g/mol. The Morgan fingerprint density at radius 1 is 1.50 bits per heavy atom. The first-order valence-corrected chi connectivity index (χ1v) is 6.26. The lowest BCUT2D eigenvalue weighted by molar-refractivity contribution is 0.0590. The molecule has 0 aliphatic carbocycles. The van der Waals surface area contributed by atoms with Gasteiger partial charge in [0, 0.05) is 26.8 Å². The van der Waals surface area contributed by atoms with Crippen LogP contribution in [0.2, 0.25) is 0 Å². The molecule has 0 saturated carbocycles. The lowest BCUT2D eigenvalue weighted by Gasteiger charge is -2.09. The largest absolute Gasteiger partial charge is 0.464 e. The van der Waals surface area contributed by atoms with E-state index in [-0.39, 0.29) is 5.92 Å². The third-order valence-corrected chi connectivity index (χ3v) is 2.87. The van der Waals surface area contributed by atoms with E-state index in [9.17, 15) is 10.1 Å². The minimum Gasteiger partial charge on any atom is -0.464 e. The van der Waals surface area contributed by atoms with Crippen LogP contribution in [-0.4, -0.2) is 43.0 Å². The molecule has 0 N–H and O–H groups in total. The Hall–Kier alpha value is -2.29. The number of hydrogen-bond donors (Lipinski definition) is 0. The van der Waals surface area contributed by atoms with Gasteiger partial charge < -0.3 is 14.2 Å². The highest BCUT2D eigenvalue weighted by atomic mass is 16.5. The molecule has 0 amide bonds. The van der Waals surface area contributed by atoms with Crippen LogP contribution in [-0.2, 0) is 11.8 Å². The molecule has 0 aromatic carbocycles. The van der Waals surface area contributed by atoms with Crippen molar-refractivity contribution in [2.75, 3.05) is 21.2 Å². The SMILES string of the molecule is COC(=O)c1c(N=CN(C)C)c(C#N)c(C(C)C)n1C. The number of nitriles is 1. The van der Waals surface area contributed by atoms with Gasteiger partial charge in [0.1, 0.15) is 11.8 Å². The van der Waals surface area contributed by atoms with Gasteiger partial charge in [-0.3, -0.25) is 0 Å². The summed E-state index contributed by atoms with van der Waals surface area (Å²) in [6, 6.07) is 2.15. The number of esters is 1. The van der Waals surface area contributed by atoms with Gasteiger partial charge in [0.15, 0.2) is 5.69 Å². The van der Waals surface area contributed by atoms with E-state index in [1.54, 1.807) is 22.9 Å². The van der Waals surface area contributed by atoms with E-state index >= 15 is 0 Å². The first-order chi connectivity index (χ1) is 9.34.